The highest BCUT2D eigenvalue weighted by Crippen LogP contribution is 2.27. The number of amides is 1. The van der Waals surface area contributed by atoms with Gasteiger partial charge in [-0.2, -0.15) is 13.2 Å². The van der Waals surface area contributed by atoms with E-state index in [0.717, 1.165) is 11.3 Å². The predicted octanol–water partition coefficient (Wildman–Crippen LogP) is 4.55. The molecule has 0 unspecified atom stereocenters. The molecule has 0 aliphatic rings. The molecule has 1 aromatic heterocycles. The molecular formula is C18H17F5N2O3S. The van der Waals surface area contributed by atoms with Crippen LogP contribution in [0.2, 0.25) is 0 Å². The first-order valence-corrected chi connectivity index (χ1v) is 9.23. The third kappa shape index (κ3) is 7.33. The third-order valence-corrected chi connectivity index (χ3v) is 4.19. The van der Waals surface area contributed by atoms with Crippen LogP contribution in [0, 0.1) is 0 Å². The van der Waals surface area contributed by atoms with Crippen LogP contribution in [-0.4, -0.2) is 36.6 Å². The van der Waals surface area contributed by atoms with Crippen molar-refractivity contribution in [2.75, 3.05) is 13.2 Å². The van der Waals surface area contributed by atoms with Crippen molar-refractivity contribution in [2.45, 2.75) is 25.9 Å². The average molecular weight is 436 g/mol. The molecular weight excluding hydrogens is 419 g/mol. The lowest BCUT2D eigenvalue weighted by Gasteiger charge is -2.12. The Labute approximate surface area is 167 Å². The van der Waals surface area contributed by atoms with E-state index in [9.17, 15) is 26.7 Å². The zero-order valence-electron chi connectivity index (χ0n) is 15.1. The van der Waals surface area contributed by atoms with Crippen molar-refractivity contribution in [1.82, 2.24) is 10.3 Å². The summed E-state index contributed by atoms with van der Waals surface area (Å²) in [7, 11) is 0. The molecule has 1 heterocycles. The number of alkyl halides is 5. The van der Waals surface area contributed by atoms with Gasteiger partial charge in [0, 0.05) is 11.8 Å². The third-order valence-electron chi connectivity index (χ3n) is 3.34. The topological polar surface area (TPSA) is 60.5 Å². The van der Waals surface area contributed by atoms with Crippen molar-refractivity contribution in [1.29, 1.82) is 0 Å². The molecule has 2 rings (SSSR count). The molecule has 0 atom stereocenters. The van der Waals surface area contributed by atoms with Gasteiger partial charge in [-0.3, -0.25) is 4.79 Å². The average Bonchev–Trinajstić information content (AvgIpc) is 3.11. The predicted molar refractivity (Wildman–Crippen MR) is 96.1 cm³/mol. The van der Waals surface area contributed by atoms with Crippen LogP contribution in [0.25, 0.3) is 0 Å². The molecule has 0 spiro atoms. The summed E-state index contributed by atoms with van der Waals surface area (Å²) in [5.41, 5.74) is 0.697. The smallest absolute Gasteiger partial charge is 0.452 e. The number of halogens is 5. The molecule has 0 radical (unpaired) electrons. The Balaban J connectivity index is 2.04. The quantitative estimate of drug-likeness (QED) is 0.463. The maximum Gasteiger partial charge on any atom is 0.452 e. The van der Waals surface area contributed by atoms with Gasteiger partial charge in [-0.1, -0.05) is 12.1 Å². The molecule has 158 valence electrons. The van der Waals surface area contributed by atoms with Gasteiger partial charge in [0.15, 0.2) is 0 Å². The Bertz CT molecular complexity index is 852. The first kappa shape index (κ1) is 22.6. The summed E-state index contributed by atoms with van der Waals surface area (Å²) in [4.78, 5) is 15.8. The first-order valence-electron chi connectivity index (χ1n) is 8.35. The number of nitrogens with one attached hydrogen (secondary N) is 1. The Hall–Kier alpha value is -2.69. The largest absolute Gasteiger partial charge is 0.487 e. The van der Waals surface area contributed by atoms with E-state index in [-0.39, 0.29) is 24.5 Å². The number of hydrogen-bond donors (Lipinski definition) is 1. The summed E-state index contributed by atoms with van der Waals surface area (Å²) in [6.45, 7) is 0.503. The minimum Gasteiger partial charge on any atom is -0.487 e. The van der Waals surface area contributed by atoms with E-state index in [1.54, 1.807) is 12.1 Å². The molecule has 0 saturated heterocycles. The number of carbonyl (C=O) groups excluding carboxylic acids is 1. The van der Waals surface area contributed by atoms with E-state index in [0.29, 0.717) is 16.8 Å². The Kier molecular flexibility index (Phi) is 7.94. The van der Waals surface area contributed by atoms with E-state index < -0.39 is 30.8 Å². The van der Waals surface area contributed by atoms with Gasteiger partial charge in [0.1, 0.15) is 17.7 Å². The van der Waals surface area contributed by atoms with Gasteiger partial charge in [0.05, 0.1) is 18.2 Å². The van der Waals surface area contributed by atoms with Crippen LogP contribution in [0.4, 0.5) is 22.0 Å². The molecule has 1 N–H and O–H groups in total. The zero-order chi connectivity index (χ0) is 21.4. The first-order chi connectivity index (χ1) is 13.7. The van der Waals surface area contributed by atoms with Gasteiger partial charge in [0.2, 0.25) is 5.76 Å². The standard InChI is InChI=1S/C18H17F5N2O3S/c1-2-27-14(18(21,22)23)9-28-12-5-3-4-11(6-12)7-16-25-13(10-29-16)17(26)24-8-15(19)20/h3-6,9-10,15H,2,7-8H2,1H3,(H,24,26)/b14-9-. The number of allylic oxidation sites excluding steroid dienone is 1. The summed E-state index contributed by atoms with van der Waals surface area (Å²) in [5, 5.41) is 4.03. The summed E-state index contributed by atoms with van der Waals surface area (Å²) >= 11 is 1.16. The Morgan fingerprint density at radius 1 is 1.34 bits per heavy atom. The lowest BCUT2D eigenvalue weighted by Crippen LogP contribution is -2.28. The van der Waals surface area contributed by atoms with Crippen LogP contribution >= 0.6 is 11.3 Å². The molecule has 0 aliphatic carbocycles. The van der Waals surface area contributed by atoms with Crippen LogP contribution in [0.1, 0.15) is 28.0 Å². The van der Waals surface area contributed by atoms with Crippen molar-refractivity contribution >= 4 is 17.2 Å². The van der Waals surface area contributed by atoms with Crippen LogP contribution in [0.15, 0.2) is 41.7 Å². The fraction of sp³-hybridized carbons (Fsp3) is 0.333. The van der Waals surface area contributed by atoms with Gasteiger partial charge < -0.3 is 14.8 Å². The lowest BCUT2D eigenvalue weighted by atomic mass is 10.1. The number of aromatic nitrogens is 1. The second-order valence-electron chi connectivity index (χ2n) is 5.58. The minimum absolute atomic E-state index is 0.0209. The monoisotopic (exact) mass is 436 g/mol. The highest BCUT2D eigenvalue weighted by molar-refractivity contribution is 7.09. The van der Waals surface area contributed by atoms with Gasteiger partial charge in [-0.25, -0.2) is 13.8 Å². The molecule has 1 amide bonds. The van der Waals surface area contributed by atoms with Crippen LogP contribution in [0.3, 0.4) is 0 Å². The van der Waals surface area contributed by atoms with E-state index in [2.05, 4.69) is 15.0 Å². The van der Waals surface area contributed by atoms with E-state index >= 15 is 0 Å². The number of hydrogen-bond acceptors (Lipinski definition) is 5. The molecule has 5 nitrogen and oxygen atoms in total. The number of nitrogens with zero attached hydrogens (tertiary/aromatic N) is 1. The second-order valence-corrected chi connectivity index (χ2v) is 6.53. The van der Waals surface area contributed by atoms with Crippen molar-refractivity contribution < 1.29 is 36.2 Å². The van der Waals surface area contributed by atoms with Gasteiger partial charge in [0.25, 0.3) is 12.3 Å². The number of benzene rings is 1. The molecule has 0 bridgehead atoms. The number of carbonyl (C=O) groups is 1. The van der Waals surface area contributed by atoms with Crippen LogP contribution in [0.5, 0.6) is 5.75 Å². The zero-order valence-corrected chi connectivity index (χ0v) is 15.9. The maximum absolute atomic E-state index is 12.8. The number of rotatable bonds is 9. The Morgan fingerprint density at radius 2 is 2.10 bits per heavy atom. The van der Waals surface area contributed by atoms with E-state index in [4.69, 9.17) is 4.74 Å². The molecule has 2 aromatic rings. The normalized spacial score (nSPS) is 12.2. The summed E-state index contributed by atoms with van der Waals surface area (Å²) in [6.07, 6.45) is -6.55. The molecule has 0 fully saturated rings. The molecule has 0 aliphatic heterocycles. The summed E-state index contributed by atoms with van der Waals surface area (Å²) < 4.78 is 72.2. The van der Waals surface area contributed by atoms with Gasteiger partial charge in [-0.15, -0.1) is 11.3 Å². The molecule has 1 aromatic carbocycles. The SMILES string of the molecule is CCO/C(=C\Oc1cccc(Cc2nc(C(=O)NCC(F)F)cs2)c1)C(F)(F)F. The second kappa shape index (κ2) is 10.2. The molecule has 11 heteroatoms. The summed E-state index contributed by atoms with van der Waals surface area (Å²) in [6, 6.07) is 6.30. The highest BCUT2D eigenvalue weighted by Gasteiger charge is 2.36. The molecule has 29 heavy (non-hydrogen) atoms. The van der Waals surface area contributed by atoms with Crippen molar-refractivity contribution in [3.63, 3.8) is 0 Å². The number of thiazole rings is 1. The summed E-state index contributed by atoms with van der Waals surface area (Å²) in [5.74, 6) is -1.79. The van der Waals surface area contributed by atoms with Crippen LogP contribution in [-0.2, 0) is 11.2 Å². The fourth-order valence-electron chi connectivity index (χ4n) is 2.12. The van der Waals surface area contributed by atoms with E-state index in [1.807, 2.05) is 0 Å². The van der Waals surface area contributed by atoms with Gasteiger partial charge >= 0.3 is 6.18 Å². The lowest BCUT2D eigenvalue weighted by molar-refractivity contribution is -0.132. The minimum atomic E-state index is -4.67. The molecule has 0 saturated carbocycles. The van der Waals surface area contributed by atoms with Crippen molar-refractivity contribution in [3.05, 3.63) is 57.9 Å². The Morgan fingerprint density at radius 3 is 2.76 bits per heavy atom. The maximum atomic E-state index is 12.8. The number of ether oxygens (including phenoxy) is 2. The van der Waals surface area contributed by atoms with Gasteiger partial charge in [-0.05, 0) is 24.6 Å². The van der Waals surface area contributed by atoms with Crippen molar-refractivity contribution in [2.24, 2.45) is 0 Å². The van der Waals surface area contributed by atoms with E-state index in [1.165, 1.54) is 24.4 Å². The fourth-order valence-corrected chi connectivity index (χ4v) is 2.93. The van der Waals surface area contributed by atoms with Crippen molar-refractivity contribution in [3.8, 4) is 5.75 Å². The van der Waals surface area contributed by atoms with Crippen LogP contribution < -0.4 is 10.1 Å². The highest BCUT2D eigenvalue weighted by atomic mass is 32.1.